The average Bonchev–Trinajstić information content (AvgIpc) is 3.50. The summed E-state index contributed by atoms with van der Waals surface area (Å²) in [7, 11) is -3.83. The normalized spacial score (nSPS) is 12.5. The topological polar surface area (TPSA) is 145 Å². The second-order valence-electron chi connectivity index (χ2n) is 9.00. The quantitative estimate of drug-likeness (QED) is 0.305. The maximum Gasteiger partial charge on any atom is 0.255 e. The predicted molar refractivity (Wildman–Crippen MR) is 136 cm³/mol. The van der Waals surface area contributed by atoms with E-state index in [1.807, 2.05) is 18.6 Å². The Hall–Kier alpha value is -4.20. The number of halogens is 2. The molecule has 11 nitrogen and oxygen atoms in total. The van der Waals surface area contributed by atoms with Gasteiger partial charge in [-0.05, 0) is 24.5 Å². The van der Waals surface area contributed by atoms with E-state index in [2.05, 4.69) is 25.5 Å². The van der Waals surface area contributed by atoms with Gasteiger partial charge >= 0.3 is 0 Å². The van der Waals surface area contributed by atoms with Gasteiger partial charge in [0.15, 0.2) is 17.5 Å². The summed E-state index contributed by atoms with van der Waals surface area (Å²) in [6.45, 7) is 3.72. The van der Waals surface area contributed by atoms with Gasteiger partial charge in [-0.2, -0.15) is 5.10 Å². The molecule has 0 bridgehead atoms. The molecule has 3 heterocycles. The van der Waals surface area contributed by atoms with E-state index >= 15 is 0 Å². The molecule has 0 saturated carbocycles. The maximum absolute atomic E-state index is 14.7. The predicted octanol–water partition coefficient (Wildman–Crippen LogP) is 3.47. The molecule has 2 N–H and O–H groups in total. The van der Waals surface area contributed by atoms with Crippen LogP contribution in [0.2, 0.25) is 0 Å². The molecule has 0 radical (unpaired) electrons. The van der Waals surface area contributed by atoms with Gasteiger partial charge in [-0.1, -0.05) is 37.2 Å². The van der Waals surface area contributed by atoms with Gasteiger partial charge in [-0.25, -0.2) is 27.2 Å². The van der Waals surface area contributed by atoms with Crippen LogP contribution in [0.15, 0.2) is 53.4 Å². The molecule has 38 heavy (non-hydrogen) atoms. The molecule has 0 aliphatic carbocycles. The van der Waals surface area contributed by atoms with Gasteiger partial charge in [0, 0.05) is 13.1 Å². The number of sulfonamides is 1. The Bertz CT molecular complexity index is 1550. The Morgan fingerprint density at radius 1 is 1.16 bits per heavy atom. The number of aromatic nitrogens is 5. The van der Waals surface area contributed by atoms with Crippen LogP contribution in [-0.2, 0) is 21.4 Å². The third-order valence-corrected chi connectivity index (χ3v) is 5.92. The molecule has 0 saturated heterocycles. The first kappa shape index (κ1) is 26.9. The molecule has 0 aliphatic heterocycles. The molecular formula is C24H27F2N7O4S. The number of carbonyl (C=O) groups is 1. The average molecular weight is 548 g/mol. The smallest absolute Gasteiger partial charge is 0.255 e. The number of amides is 1. The first-order chi connectivity index (χ1) is 18.0. The van der Waals surface area contributed by atoms with Crippen molar-refractivity contribution in [2.24, 2.45) is 5.92 Å². The molecule has 0 aliphatic rings. The molecule has 4 rings (SSSR count). The molecule has 1 atom stereocenters. The van der Waals surface area contributed by atoms with E-state index in [9.17, 15) is 22.0 Å². The fourth-order valence-corrected chi connectivity index (χ4v) is 4.21. The summed E-state index contributed by atoms with van der Waals surface area (Å²) in [4.78, 5) is 20.8. The minimum Gasteiger partial charge on any atom is -0.364 e. The van der Waals surface area contributed by atoms with Crippen molar-refractivity contribution in [2.75, 3.05) is 11.6 Å². The molecule has 1 amide bonds. The second-order valence-corrected chi connectivity index (χ2v) is 10.8. The molecule has 1 unspecified atom stereocenters. The van der Waals surface area contributed by atoms with Crippen molar-refractivity contribution in [3.8, 4) is 22.9 Å². The van der Waals surface area contributed by atoms with Crippen LogP contribution < -0.4 is 10.0 Å². The van der Waals surface area contributed by atoms with Crippen LogP contribution in [0.5, 0.6) is 0 Å². The standard InChI is InChI=1S/C24H25F2N7O4S.H2/c1-14(2)10-20(24(34)32-38(3,35)36)28-22-17(26)12-27-23(29-22)19-11-21(18-8-9-37-31-18)33(30-19)13-15-6-4-5-7-16(15)25;/h4-9,11-12,14,20H,10,13H2,1-3H3,(H,32,34)(H,27,28,29);1H. The number of nitrogens with zero attached hydrogens (tertiary/aromatic N) is 5. The lowest BCUT2D eigenvalue weighted by Crippen LogP contribution is -2.43. The van der Waals surface area contributed by atoms with E-state index in [1.165, 1.54) is 17.0 Å². The molecule has 4 aromatic rings. The number of rotatable bonds is 10. The van der Waals surface area contributed by atoms with E-state index in [1.54, 1.807) is 30.3 Å². The van der Waals surface area contributed by atoms with Crippen LogP contribution in [0.1, 0.15) is 27.3 Å². The van der Waals surface area contributed by atoms with Crippen molar-refractivity contribution in [3.05, 3.63) is 66.1 Å². The van der Waals surface area contributed by atoms with E-state index < -0.39 is 33.6 Å². The van der Waals surface area contributed by atoms with E-state index in [0.717, 1.165) is 12.5 Å². The summed E-state index contributed by atoms with van der Waals surface area (Å²) in [5, 5.41) is 11.1. The lowest BCUT2D eigenvalue weighted by molar-refractivity contribution is -0.120. The zero-order valence-corrected chi connectivity index (χ0v) is 21.5. The molecule has 202 valence electrons. The number of anilines is 1. The van der Waals surface area contributed by atoms with Crippen LogP contribution in [0.25, 0.3) is 22.9 Å². The highest BCUT2D eigenvalue weighted by atomic mass is 32.2. The third-order valence-electron chi connectivity index (χ3n) is 5.35. The van der Waals surface area contributed by atoms with Crippen molar-refractivity contribution in [1.29, 1.82) is 0 Å². The number of hydrogen-bond donors (Lipinski definition) is 2. The van der Waals surface area contributed by atoms with Gasteiger partial charge < -0.3 is 9.84 Å². The van der Waals surface area contributed by atoms with Gasteiger partial charge in [0.05, 0.1) is 24.7 Å². The highest BCUT2D eigenvalue weighted by Crippen LogP contribution is 2.26. The number of nitrogens with one attached hydrogen (secondary N) is 2. The summed E-state index contributed by atoms with van der Waals surface area (Å²) >= 11 is 0. The molecule has 14 heteroatoms. The largest absolute Gasteiger partial charge is 0.364 e. The van der Waals surface area contributed by atoms with Gasteiger partial charge in [0.25, 0.3) is 5.91 Å². The lowest BCUT2D eigenvalue weighted by Gasteiger charge is -2.20. The summed E-state index contributed by atoms with van der Waals surface area (Å²) < 4.78 is 60.5. The highest BCUT2D eigenvalue weighted by molar-refractivity contribution is 7.89. The fraction of sp³-hybridized carbons (Fsp3) is 0.292. The first-order valence-corrected chi connectivity index (χ1v) is 13.4. The second kappa shape index (κ2) is 11.0. The minimum absolute atomic E-state index is 0. The molecule has 0 fully saturated rings. The summed E-state index contributed by atoms with van der Waals surface area (Å²) in [6, 6.07) is 8.35. The Morgan fingerprint density at radius 2 is 1.92 bits per heavy atom. The van der Waals surface area contributed by atoms with Crippen molar-refractivity contribution < 1.29 is 27.9 Å². The summed E-state index contributed by atoms with van der Waals surface area (Å²) in [5.41, 5.74) is 1.51. The Labute approximate surface area is 218 Å². The summed E-state index contributed by atoms with van der Waals surface area (Å²) in [6.07, 6.45) is 3.35. The van der Waals surface area contributed by atoms with Crippen LogP contribution in [0.4, 0.5) is 14.6 Å². The summed E-state index contributed by atoms with van der Waals surface area (Å²) in [5.74, 6) is -2.43. The van der Waals surface area contributed by atoms with Gasteiger partial charge in [-0.3, -0.25) is 14.2 Å². The Morgan fingerprint density at radius 3 is 2.58 bits per heavy atom. The zero-order valence-electron chi connectivity index (χ0n) is 20.7. The Balaban J connectivity index is 0.00000420. The molecule has 3 aromatic heterocycles. The monoisotopic (exact) mass is 547 g/mol. The highest BCUT2D eigenvalue weighted by Gasteiger charge is 2.25. The van der Waals surface area contributed by atoms with E-state index in [4.69, 9.17) is 4.52 Å². The number of carbonyl (C=O) groups excluding carboxylic acids is 1. The Kier molecular flexibility index (Phi) is 7.80. The molecule has 0 spiro atoms. The van der Waals surface area contributed by atoms with Gasteiger partial charge in [0.2, 0.25) is 10.0 Å². The van der Waals surface area contributed by atoms with E-state index in [-0.39, 0.29) is 37.6 Å². The van der Waals surface area contributed by atoms with Crippen LogP contribution in [0, 0.1) is 17.6 Å². The van der Waals surface area contributed by atoms with Gasteiger partial charge in [-0.15, -0.1) is 0 Å². The fourth-order valence-electron chi connectivity index (χ4n) is 3.70. The zero-order chi connectivity index (χ0) is 27.4. The molecular weight excluding hydrogens is 520 g/mol. The van der Waals surface area contributed by atoms with Crippen LogP contribution in [0.3, 0.4) is 0 Å². The van der Waals surface area contributed by atoms with Crippen molar-refractivity contribution >= 4 is 21.7 Å². The van der Waals surface area contributed by atoms with E-state index in [0.29, 0.717) is 17.0 Å². The number of benzene rings is 1. The minimum atomic E-state index is -3.83. The van der Waals surface area contributed by atoms with Crippen LogP contribution in [-0.4, -0.2) is 51.5 Å². The lowest BCUT2D eigenvalue weighted by atomic mass is 10.0. The first-order valence-electron chi connectivity index (χ1n) is 11.5. The van der Waals surface area contributed by atoms with Crippen molar-refractivity contribution in [1.82, 2.24) is 29.6 Å². The van der Waals surface area contributed by atoms with Crippen molar-refractivity contribution in [2.45, 2.75) is 32.9 Å². The van der Waals surface area contributed by atoms with Crippen molar-refractivity contribution in [3.63, 3.8) is 0 Å². The third kappa shape index (κ3) is 6.56. The van der Waals surface area contributed by atoms with Gasteiger partial charge in [0.1, 0.15) is 29.5 Å². The SMILES string of the molecule is CC(C)CC(Nc1nc(-c2cc(-c3ccon3)n(Cc3ccccc3F)n2)ncc1F)C(=O)NS(C)(=O)=O.[HH]. The number of hydrogen-bond acceptors (Lipinski definition) is 9. The van der Waals surface area contributed by atoms with Crippen LogP contribution >= 0.6 is 0 Å². The molecule has 1 aromatic carbocycles. The maximum atomic E-state index is 14.7.